The van der Waals surface area contributed by atoms with Crippen LogP contribution in [0.3, 0.4) is 0 Å². The van der Waals surface area contributed by atoms with Crippen LogP contribution in [0.4, 0.5) is 0 Å². The number of thioether (sulfide) groups is 1. The zero-order chi connectivity index (χ0) is 18.4. The van der Waals surface area contributed by atoms with Crippen LogP contribution >= 0.6 is 11.8 Å². The summed E-state index contributed by atoms with van der Waals surface area (Å²) in [5.74, 6) is 1.07. The summed E-state index contributed by atoms with van der Waals surface area (Å²) in [6.45, 7) is 0. The summed E-state index contributed by atoms with van der Waals surface area (Å²) in [6.07, 6.45) is 3.55. The molecule has 0 unspecified atom stereocenters. The van der Waals surface area contributed by atoms with Gasteiger partial charge >= 0.3 is 0 Å². The molecule has 1 N–H and O–H groups in total. The van der Waals surface area contributed by atoms with Gasteiger partial charge in [-0.1, -0.05) is 30.3 Å². The summed E-state index contributed by atoms with van der Waals surface area (Å²) in [5, 5.41) is 20.3. The van der Waals surface area contributed by atoms with Gasteiger partial charge in [0.25, 0.3) is 0 Å². The number of nitrogens with zero attached hydrogens (tertiary/aromatic N) is 2. The number of rotatable bonds is 7. The second-order valence-corrected chi connectivity index (χ2v) is 8.98. The third kappa shape index (κ3) is 5.16. The Kier molecular flexibility index (Phi) is 6.84. The summed E-state index contributed by atoms with van der Waals surface area (Å²) in [7, 11) is -1.12. The average molecular weight is 387 g/mol. The van der Waals surface area contributed by atoms with Crippen LogP contribution in [-0.2, 0) is 29.4 Å². The molecule has 1 aromatic carbocycles. The Morgan fingerprint density at radius 2 is 2.04 bits per heavy atom. The Morgan fingerprint density at radius 1 is 1.27 bits per heavy atom. The summed E-state index contributed by atoms with van der Waals surface area (Å²) in [4.78, 5) is 4.66. The standard InChI is InChI=1S/C20H22N2O2S2/c21-11-17-10-16-8-4-5-9-19(16)22-20(17)25-12-18(23)14-26(24)13-15-6-2-1-3-7-15/h1-3,6-7,10,18,23H,4-5,8-9,12-14H2/t18-,26-/m1/s1. The first kappa shape index (κ1) is 19.1. The van der Waals surface area contributed by atoms with Crippen LogP contribution in [-0.4, -0.2) is 31.9 Å². The number of aliphatic hydroxyl groups is 1. The Labute approximate surface area is 161 Å². The normalized spacial score (nSPS) is 15.7. The number of hydrogen-bond acceptors (Lipinski definition) is 5. The molecule has 0 fully saturated rings. The highest BCUT2D eigenvalue weighted by Gasteiger charge is 2.17. The largest absolute Gasteiger partial charge is 0.391 e. The quantitative estimate of drug-likeness (QED) is 0.740. The molecule has 1 aliphatic carbocycles. The van der Waals surface area contributed by atoms with E-state index in [0.29, 0.717) is 22.1 Å². The van der Waals surface area contributed by atoms with Crippen molar-refractivity contribution in [3.63, 3.8) is 0 Å². The molecule has 1 aliphatic rings. The van der Waals surface area contributed by atoms with Crippen molar-refractivity contribution in [2.24, 2.45) is 0 Å². The highest BCUT2D eigenvalue weighted by atomic mass is 32.2. The molecule has 1 aromatic heterocycles. The number of aromatic nitrogens is 1. The molecule has 0 spiro atoms. The molecular weight excluding hydrogens is 364 g/mol. The molecule has 3 rings (SSSR count). The van der Waals surface area contributed by atoms with Crippen molar-refractivity contribution in [2.45, 2.75) is 42.6 Å². The van der Waals surface area contributed by atoms with Crippen LogP contribution in [0.15, 0.2) is 41.4 Å². The number of nitriles is 1. The highest BCUT2D eigenvalue weighted by Crippen LogP contribution is 2.27. The molecule has 0 aliphatic heterocycles. The van der Waals surface area contributed by atoms with E-state index < -0.39 is 16.9 Å². The van der Waals surface area contributed by atoms with Gasteiger partial charge in [0.2, 0.25) is 0 Å². The van der Waals surface area contributed by atoms with Crippen LogP contribution in [0.5, 0.6) is 0 Å². The molecule has 0 saturated carbocycles. The maximum atomic E-state index is 12.2. The SMILES string of the molecule is N#Cc1cc2c(nc1SC[C@@H](O)C[S@](=O)Cc1ccccc1)CCCC2. The zero-order valence-electron chi connectivity index (χ0n) is 14.6. The Balaban J connectivity index is 1.56. The molecule has 0 radical (unpaired) electrons. The van der Waals surface area contributed by atoms with Crippen LogP contribution in [0.2, 0.25) is 0 Å². The van der Waals surface area contributed by atoms with Gasteiger partial charge in [-0.3, -0.25) is 4.21 Å². The molecular formula is C20H22N2O2S2. The molecule has 1 heterocycles. The Bertz CT molecular complexity index is 819. The average Bonchev–Trinajstić information content (AvgIpc) is 2.66. The van der Waals surface area contributed by atoms with Gasteiger partial charge in [0.1, 0.15) is 11.1 Å². The molecule has 136 valence electrons. The van der Waals surface area contributed by atoms with Crippen molar-refractivity contribution in [1.29, 1.82) is 5.26 Å². The van der Waals surface area contributed by atoms with Gasteiger partial charge in [0, 0.05) is 28.0 Å². The van der Waals surface area contributed by atoms with Gasteiger partial charge in [-0.2, -0.15) is 5.26 Å². The third-order valence-electron chi connectivity index (χ3n) is 4.35. The molecule has 6 heteroatoms. The van der Waals surface area contributed by atoms with Crippen molar-refractivity contribution in [1.82, 2.24) is 4.98 Å². The van der Waals surface area contributed by atoms with Crippen molar-refractivity contribution in [2.75, 3.05) is 11.5 Å². The Morgan fingerprint density at radius 3 is 2.81 bits per heavy atom. The second kappa shape index (κ2) is 9.31. The monoisotopic (exact) mass is 386 g/mol. The van der Waals surface area contributed by atoms with Crippen LogP contribution < -0.4 is 0 Å². The van der Waals surface area contributed by atoms with E-state index in [1.807, 2.05) is 36.4 Å². The third-order valence-corrected chi connectivity index (χ3v) is 6.90. The van der Waals surface area contributed by atoms with E-state index in [9.17, 15) is 14.6 Å². The molecule has 2 atom stereocenters. The van der Waals surface area contributed by atoms with E-state index in [0.717, 1.165) is 36.9 Å². The summed E-state index contributed by atoms with van der Waals surface area (Å²) < 4.78 is 12.2. The maximum absolute atomic E-state index is 12.2. The molecule has 4 nitrogen and oxygen atoms in total. The lowest BCUT2D eigenvalue weighted by Gasteiger charge is -2.17. The van der Waals surface area contributed by atoms with Crippen molar-refractivity contribution < 1.29 is 9.32 Å². The fourth-order valence-corrected chi connectivity index (χ4v) is 5.34. The number of aliphatic hydroxyl groups excluding tert-OH is 1. The van der Waals surface area contributed by atoms with E-state index in [4.69, 9.17) is 0 Å². The molecule has 2 aromatic rings. The summed E-state index contributed by atoms with van der Waals surface area (Å²) >= 11 is 1.38. The van der Waals surface area contributed by atoms with E-state index in [-0.39, 0.29) is 5.75 Å². The summed E-state index contributed by atoms with van der Waals surface area (Å²) in [6, 6.07) is 13.8. The van der Waals surface area contributed by atoms with Gasteiger partial charge in [-0.15, -0.1) is 11.8 Å². The summed E-state index contributed by atoms with van der Waals surface area (Å²) in [5.41, 5.74) is 3.85. The van der Waals surface area contributed by atoms with Gasteiger partial charge in [0.05, 0.1) is 17.4 Å². The number of aryl methyl sites for hydroxylation is 2. The first-order valence-corrected chi connectivity index (χ1v) is 11.3. The van der Waals surface area contributed by atoms with Crippen molar-refractivity contribution >= 4 is 22.6 Å². The topological polar surface area (TPSA) is 74.0 Å². The number of hydrogen-bond donors (Lipinski definition) is 1. The molecule has 0 bridgehead atoms. The molecule has 26 heavy (non-hydrogen) atoms. The van der Waals surface area contributed by atoms with Gasteiger partial charge in [-0.25, -0.2) is 4.98 Å². The van der Waals surface area contributed by atoms with Gasteiger partial charge in [0.15, 0.2) is 0 Å². The number of fused-ring (bicyclic) bond motifs is 1. The van der Waals surface area contributed by atoms with Crippen molar-refractivity contribution in [3.8, 4) is 6.07 Å². The number of benzene rings is 1. The van der Waals surface area contributed by atoms with Crippen LogP contribution in [0.1, 0.15) is 35.2 Å². The maximum Gasteiger partial charge on any atom is 0.114 e. The van der Waals surface area contributed by atoms with E-state index in [2.05, 4.69) is 11.1 Å². The van der Waals surface area contributed by atoms with E-state index in [1.165, 1.54) is 17.3 Å². The minimum Gasteiger partial charge on any atom is -0.391 e. The fourth-order valence-electron chi connectivity index (χ4n) is 3.06. The zero-order valence-corrected chi connectivity index (χ0v) is 16.2. The second-order valence-electron chi connectivity index (χ2n) is 6.47. The van der Waals surface area contributed by atoms with E-state index >= 15 is 0 Å². The lowest BCUT2D eigenvalue weighted by molar-refractivity contribution is 0.224. The van der Waals surface area contributed by atoms with Crippen LogP contribution in [0, 0.1) is 11.3 Å². The Hall–Kier alpha value is -1.68. The van der Waals surface area contributed by atoms with Gasteiger partial charge < -0.3 is 5.11 Å². The molecule has 0 saturated heterocycles. The minimum atomic E-state index is -1.12. The van der Waals surface area contributed by atoms with Crippen LogP contribution in [0.25, 0.3) is 0 Å². The lowest BCUT2D eigenvalue weighted by atomic mass is 9.95. The number of pyridine rings is 1. The van der Waals surface area contributed by atoms with Crippen molar-refractivity contribution in [3.05, 3.63) is 58.8 Å². The minimum absolute atomic E-state index is 0.231. The molecule has 0 amide bonds. The first-order valence-electron chi connectivity index (χ1n) is 8.78. The fraction of sp³-hybridized carbons (Fsp3) is 0.400. The predicted octanol–water partition coefficient (Wildman–Crippen LogP) is 3.23. The van der Waals surface area contributed by atoms with E-state index in [1.54, 1.807) is 0 Å². The predicted molar refractivity (Wildman–Crippen MR) is 105 cm³/mol. The smallest absolute Gasteiger partial charge is 0.114 e. The van der Waals surface area contributed by atoms with Gasteiger partial charge in [-0.05, 0) is 42.9 Å². The highest BCUT2D eigenvalue weighted by molar-refractivity contribution is 7.99. The lowest BCUT2D eigenvalue weighted by Crippen LogP contribution is -2.20. The first-order chi connectivity index (χ1) is 12.7.